The largest absolute Gasteiger partial charge is 0.390 e. The van der Waals surface area contributed by atoms with Gasteiger partial charge in [-0.2, -0.15) is 0 Å². The first kappa shape index (κ1) is 7.80. The van der Waals surface area contributed by atoms with Crippen LogP contribution in [0.2, 0.25) is 0 Å². The van der Waals surface area contributed by atoms with Gasteiger partial charge in [0.2, 0.25) is 0 Å². The Balaban J connectivity index is 2.55. The summed E-state index contributed by atoms with van der Waals surface area (Å²) in [6.45, 7) is 3.76. The maximum absolute atomic E-state index is 9.59. The molecule has 1 atom stereocenters. The highest BCUT2D eigenvalue weighted by molar-refractivity contribution is 4.99. The Labute approximate surface area is 62.8 Å². The van der Waals surface area contributed by atoms with E-state index in [2.05, 4.69) is 12.2 Å². The fourth-order valence-corrected chi connectivity index (χ4v) is 1.40. The van der Waals surface area contributed by atoms with Crippen LogP contribution in [0.5, 0.6) is 0 Å². The zero-order valence-electron chi connectivity index (χ0n) is 6.80. The Morgan fingerprint density at radius 2 is 2.20 bits per heavy atom. The third-order valence-electron chi connectivity index (χ3n) is 2.16. The van der Waals surface area contributed by atoms with Crippen LogP contribution in [0.4, 0.5) is 0 Å². The van der Waals surface area contributed by atoms with Gasteiger partial charge in [0.15, 0.2) is 0 Å². The summed E-state index contributed by atoms with van der Waals surface area (Å²) in [6, 6.07) is 0. The molecule has 1 unspecified atom stereocenters. The molecule has 1 N–H and O–H groups in total. The maximum Gasteiger partial charge on any atom is 0.0654 e. The Morgan fingerprint density at radius 3 is 2.50 bits per heavy atom. The topological polar surface area (TPSA) is 20.2 Å². The standard InChI is InChI=1S/C9H16O/c1-9(2,10)8-6-4-3-5-7-8/h4,6,8,10H,3,5,7H2,1-2H3. The molecule has 0 radical (unpaired) electrons. The molecule has 0 aromatic carbocycles. The molecule has 1 rings (SSSR count). The van der Waals surface area contributed by atoms with Gasteiger partial charge in [-0.1, -0.05) is 12.2 Å². The number of aliphatic hydroxyl groups is 1. The maximum atomic E-state index is 9.59. The van der Waals surface area contributed by atoms with Crippen LogP contribution >= 0.6 is 0 Å². The summed E-state index contributed by atoms with van der Waals surface area (Å²) in [5.74, 6) is 0.376. The van der Waals surface area contributed by atoms with E-state index in [-0.39, 0.29) is 0 Å². The lowest BCUT2D eigenvalue weighted by Crippen LogP contribution is -2.30. The summed E-state index contributed by atoms with van der Waals surface area (Å²) in [4.78, 5) is 0. The van der Waals surface area contributed by atoms with Crippen molar-refractivity contribution in [3.05, 3.63) is 12.2 Å². The second-order valence-electron chi connectivity index (χ2n) is 3.62. The normalized spacial score (nSPS) is 26.9. The molecule has 0 saturated carbocycles. The number of allylic oxidation sites excluding steroid dienone is 1. The van der Waals surface area contributed by atoms with Gasteiger partial charge in [0.25, 0.3) is 0 Å². The van der Waals surface area contributed by atoms with Crippen LogP contribution in [0.15, 0.2) is 12.2 Å². The van der Waals surface area contributed by atoms with Gasteiger partial charge in [-0.25, -0.2) is 0 Å². The van der Waals surface area contributed by atoms with Crippen molar-refractivity contribution in [2.75, 3.05) is 0 Å². The van der Waals surface area contributed by atoms with E-state index < -0.39 is 5.60 Å². The lowest BCUT2D eigenvalue weighted by Gasteiger charge is -2.28. The zero-order valence-corrected chi connectivity index (χ0v) is 6.80. The van der Waals surface area contributed by atoms with E-state index >= 15 is 0 Å². The highest BCUT2D eigenvalue weighted by Crippen LogP contribution is 2.26. The van der Waals surface area contributed by atoms with E-state index in [1.165, 1.54) is 12.8 Å². The minimum Gasteiger partial charge on any atom is -0.390 e. The molecule has 0 spiro atoms. The van der Waals surface area contributed by atoms with Crippen LogP contribution in [0.25, 0.3) is 0 Å². The molecule has 58 valence electrons. The Morgan fingerprint density at radius 1 is 1.50 bits per heavy atom. The van der Waals surface area contributed by atoms with Crippen molar-refractivity contribution in [3.8, 4) is 0 Å². The summed E-state index contributed by atoms with van der Waals surface area (Å²) in [6.07, 6.45) is 7.87. The van der Waals surface area contributed by atoms with Crippen LogP contribution in [0.3, 0.4) is 0 Å². The first-order valence-corrected chi connectivity index (χ1v) is 4.00. The minimum atomic E-state index is -0.517. The quantitative estimate of drug-likeness (QED) is 0.553. The molecule has 1 aliphatic carbocycles. The molecule has 0 aromatic rings. The fourth-order valence-electron chi connectivity index (χ4n) is 1.40. The van der Waals surface area contributed by atoms with Crippen LogP contribution in [0, 0.1) is 5.92 Å². The number of rotatable bonds is 1. The summed E-state index contributed by atoms with van der Waals surface area (Å²) >= 11 is 0. The Bertz CT molecular complexity index is 130. The van der Waals surface area contributed by atoms with Crippen LogP contribution in [-0.4, -0.2) is 10.7 Å². The van der Waals surface area contributed by atoms with Crippen molar-refractivity contribution in [2.24, 2.45) is 5.92 Å². The van der Waals surface area contributed by atoms with Crippen LogP contribution in [-0.2, 0) is 0 Å². The first-order valence-electron chi connectivity index (χ1n) is 4.00. The molecule has 0 amide bonds. The average molecular weight is 140 g/mol. The van der Waals surface area contributed by atoms with Crippen molar-refractivity contribution < 1.29 is 5.11 Å². The van der Waals surface area contributed by atoms with E-state index in [1.807, 2.05) is 13.8 Å². The van der Waals surface area contributed by atoms with Gasteiger partial charge in [-0.05, 0) is 33.1 Å². The summed E-state index contributed by atoms with van der Waals surface area (Å²) in [7, 11) is 0. The fraction of sp³-hybridized carbons (Fsp3) is 0.778. The monoisotopic (exact) mass is 140 g/mol. The van der Waals surface area contributed by atoms with E-state index in [1.54, 1.807) is 0 Å². The average Bonchev–Trinajstić information content (AvgIpc) is 1.88. The van der Waals surface area contributed by atoms with Gasteiger partial charge in [0, 0.05) is 5.92 Å². The predicted octanol–water partition coefficient (Wildman–Crippen LogP) is 2.11. The third-order valence-corrected chi connectivity index (χ3v) is 2.16. The SMILES string of the molecule is CC(C)(O)C1C=CCCC1. The molecular formula is C9H16O. The molecule has 0 bridgehead atoms. The Hall–Kier alpha value is -0.300. The van der Waals surface area contributed by atoms with E-state index in [9.17, 15) is 5.11 Å². The Kier molecular flexibility index (Phi) is 2.14. The smallest absolute Gasteiger partial charge is 0.0654 e. The van der Waals surface area contributed by atoms with E-state index in [0.29, 0.717) is 5.92 Å². The molecule has 1 aliphatic rings. The van der Waals surface area contributed by atoms with Crippen molar-refractivity contribution in [3.63, 3.8) is 0 Å². The third kappa shape index (κ3) is 1.84. The van der Waals surface area contributed by atoms with Crippen molar-refractivity contribution in [1.29, 1.82) is 0 Å². The zero-order chi connectivity index (χ0) is 7.61. The van der Waals surface area contributed by atoms with Gasteiger partial charge >= 0.3 is 0 Å². The van der Waals surface area contributed by atoms with Crippen LogP contribution in [0.1, 0.15) is 33.1 Å². The number of hydrogen-bond acceptors (Lipinski definition) is 1. The van der Waals surface area contributed by atoms with E-state index in [4.69, 9.17) is 0 Å². The first-order chi connectivity index (χ1) is 4.61. The van der Waals surface area contributed by atoms with Gasteiger partial charge in [0.05, 0.1) is 5.60 Å². The second kappa shape index (κ2) is 2.75. The minimum absolute atomic E-state index is 0.376. The lowest BCUT2D eigenvalue weighted by molar-refractivity contribution is 0.0313. The van der Waals surface area contributed by atoms with Crippen molar-refractivity contribution in [2.45, 2.75) is 38.7 Å². The molecule has 0 heterocycles. The van der Waals surface area contributed by atoms with Gasteiger partial charge in [-0.15, -0.1) is 0 Å². The highest BCUT2D eigenvalue weighted by atomic mass is 16.3. The molecule has 0 fully saturated rings. The predicted molar refractivity (Wildman–Crippen MR) is 42.8 cm³/mol. The lowest BCUT2D eigenvalue weighted by atomic mass is 9.83. The second-order valence-corrected chi connectivity index (χ2v) is 3.62. The molecule has 0 saturated heterocycles. The van der Waals surface area contributed by atoms with E-state index in [0.717, 1.165) is 6.42 Å². The highest BCUT2D eigenvalue weighted by Gasteiger charge is 2.24. The van der Waals surface area contributed by atoms with Gasteiger partial charge in [-0.3, -0.25) is 0 Å². The molecule has 0 aliphatic heterocycles. The van der Waals surface area contributed by atoms with Crippen LogP contribution < -0.4 is 0 Å². The molecule has 1 heteroatoms. The van der Waals surface area contributed by atoms with Crippen molar-refractivity contribution >= 4 is 0 Å². The van der Waals surface area contributed by atoms with Gasteiger partial charge in [0.1, 0.15) is 0 Å². The number of hydrogen-bond donors (Lipinski definition) is 1. The molecule has 10 heavy (non-hydrogen) atoms. The molecule has 1 nitrogen and oxygen atoms in total. The van der Waals surface area contributed by atoms with Crippen molar-refractivity contribution in [1.82, 2.24) is 0 Å². The molecular weight excluding hydrogens is 124 g/mol. The summed E-state index contributed by atoms with van der Waals surface area (Å²) in [5.41, 5.74) is -0.517. The summed E-state index contributed by atoms with van der Waals surface area (Å²) < 4.78 is 0. The summed E-state index contributed by atoms with van der Waals surface area (Å²) in [5, 5.41) is 9.59. The van der Waals surface area contributed by atoms with Gasteiger partial charge < -0.3 is 5.11 Å². The molecule has 0 aromatic heterocycles.